The highest BCUT2D eigenvalue weighted by molar-refractivity contribution is 6.30. The van der Waals surface area contributed by atoms with Crippen LogP contribution < -0.4 is 16.4 Å². The molecule has 3 heterocycles. The monoisotopic (exact) mass is 518 g/mol. The molecule has 194 valence electrons. The van der Waals surface area contributed by atoms with Gasteiger partial charge in [-0.15, -0.1) is 0 Å². The fourth-order valence-corrected chi connectivity index (χ4v) is 4.37. The van der Waals surface area contributed by atoms with Crippen molar-refractivity contribution in [3.05, 3.63) is 41.9 Å². The van der Waals surface area contributed by atoms with Gasteiger partial charge in [-0.25, -0.2) is 19.7 Å². The summed E-state index contributed by atoms with van der Waals surface area (Å²) < 4.78 is 7.63. The van der Waals surface area contributed by atoms with Crippen LogP contribution in [0, 0.1) is 0 Å². The van der Waals surface area contributed by atoms with E-state index in [9.17, 15) is 15.0 Å². The summed E-state index contributed by atoms with van der Waals surface area (Å²) in [6.07, 6.45) is -0.311. The summed E-state index contributed by atoms with van der Waals surface area (Å²) in [5, 5.41) is 27.6. The zero-order valence-corrected chi connectivity index (χ0v) is 20.8. The number of ether oxygens (including phenoxy) is 1. The largest absolute Gasteiger partial charge is 0.387 e. The molecule has 13 heteroatoms. The van der Waals surface area contributed by atoms with Crippen molar-refractivity contribution in [2.75, 3.05) is 30.7 Å². The molecule has 1 aliphatic rings. The van der Waals surface area contributed by atoms with Crippen molar-refractivity contribution >= 4 is 40.3 Å². The van der Waals surface area contributed by atoms with Crippen LogP contribution in [0.3, 0.4) is 0 Å². The third-order valence-electron chi connectivity index (χ3n) is 6.13. The Bertz CT molecular complexity index is 1190. The molecule has 3 aromatic rings. The Balaban J connectivity index is 1.30. The van der Waals surface area contributed by atoms with Gasteiger partial charge in [-0.3, -0.25) is 9.47 Å². The Labute approximate surface area is 213 Å². The van der Waals surface area contributed by atoms with Crippen molar-refractivity contribution < 1.29 is 19.7 Å². The number of anilines is 2. The zero-order valence-electron chi connectivity index (χ0n) is 20.1. The standard InChI is InChI=1S/C23H31ClN8O4/c1-13(2)31(8-4-7-26-23(35)30-15-6-3-5-14(24)9-15)10-16-18(33)19(34)22(36-16)32-12-29-17-20(25)27-11-28-21(17)32/h3,5-6,9,11-13,16,18-19,22,33-34H,4,7-8,10H2,1-2H3,(H2,25,27,28)(H2,26,30,35). The third-order valence-corrected chi connectivity index (χ3v) is 6.37. The van der Waals surface area contributed by atoms with Crippen LogP contribution in [0.15, 0.2) is 36.9 Å². The number of aliphatic hydroxyl groups is 2. The lowest BCUT2D eigenvalue weighted by molar-refractivity contribution is -0.0468. The Morgan fingerprint density at radius 3 is 2.83 bits per heavy atom. The van der Waals surface area contributed by atoms with Crippen LogP contribution in [0.25, 0.3) is 11.2 Å². The van der Waals surface area contributed by atoms with E-state index in [1.165, 1.54) is 12.7 Å². The maximum Gasteiger partial charge on any atom is 0.319 e. The number of halogens is 1. The second-order valence-corrected chi connectivity index (χ2v) is 9.40. The number of carbonyl (C=O) groups is 1. The third kappa shape index (κ3) is 5.85. The molecule has 1 aliphatic heterocycles. The number of urea groups is 1. The maximum atomic E-state index is 12.1. The van der Waals surface area contributed by atoms with E-state index in [0.29, 0.717) is 47.9 Å². The molecule has 4 unspecified atom stereocenters. The lowest BCUT2D eigenvalue weighted by Gasteiger charge is -2.30. The second-order valence-electron chi connectivity index (χ2n) is 8.96. The number of imidazole rings is 1. The van der Waals surface area contributed by atoms with E-state index in [1.54, 1.807) is 28.8 Å². The van der Waals surface area contributed by atoms with Gasteiger partial charge in [0.25, 0.3) is 0 Å². The first-order valence-corrected chi connectivity index (χ1v) is 12.1. The minimum atomic E-state index is -1.17. The van der Waals surface area contributed by atoms with Crippen molar-refractivity contribution in [3.63, 3.8) is 0 Å². The summed E-state index contributed by atoms with van der Waals surface area (Å²) in [6.45, 7) is 5.58. The molecule has 2 amide bonds. The number of nitrogens with zero attached hydrogens (tertiary/aromatic N) is 5. The normalized spacial score (nSPS) is 22.0. The van der Waals surface area contributed by atoms with Crippen molar-refractivity contribution in [3.8, 4) is 0 Å². The van der Waals surface area contributed by atoms with Crippen molar-refractivity contribution in [2.45, 2.75) is 50.8 Å². The summed E-state index contributed by atoms with van der Waals surface area (Å²) in [5.74, 6) is 0.226. The van der Waals surface area contributed by atoms with E-state index < -0.39 is 24.5 Å². The van der Waals surface area contributed by atoms with Gasteiger partial charge in [0, 0.05) is 36.4 Å². The molecule has 1 fully saturated rings. The number of fused-ring (bicyclic) bond motifs is 1. The van der Waals surface area contributed by atoms with E-state index in [2.05, 4.69) is 30.5 Å². The molecular weight excluding hydrogens is 488 g/mol. The van der Waals surface area contributed by atoms with Gasteiger partial charge in [0.15, 0.2) is 17.7 Å². The molecule has 4 atom stereocenters. The summed E-state index contributed by atoms with van der Waals surface area (Å²) in [4.78, 5) is 26.6. The Morgan fingerprint density at radius 2 is 2.08 bits per heavy atom. The van der Waals surface area contributed by atoms with Crippen LogP contribution >= 0.6 is 11.6 Å². The summed E-state index contributed by atoms with van der Waals surface area (Å²) in [7, 11) is 0. The van der Waals surface area contributed by atoms with Crippen LogP contribution in [0.5, 0.6) is 0 Å². The SMILES string of the molecule is CC(C)N(CCCNC(=O)Nc1cccc(Cl)c1)CC1OC(n2cnc3c(N)ncnc32)C(O)C1O. The van der Waals surface area contributed by atoms with Crippen molar-refractivity contribution in [1.82, 2.24) is 29.7 Å². The van der Waals surface area contributed by atoms with Crippen LogP contribution in [-0.2, 0) is 4.74 Å². The molecule has 6 N–H and O–H groups in total. The van der Waals surface area contributed by atoms with Gasteiger partial charge in [0.05, 0.1) is 6.33 Å². The molecule has 0 saturated carbocycles. The Hall–Kier alpha value is -3.03. The molecular formula is C23H31ClN8O4. The quantitative estimate of drug-likeness (QED) is 0.265. The van der Waals surface area contributed by atoms with Gasteiger partial charge >= 0.3 is 6.03 Å². The van der Waals surface area contributed by atoms with Crippen molar-refractivity contribution in [1.29, 1.82) is 0 Å². The van der Waals surface area contributed by atoms with Gasteiger partial charge in [-0.2, -0.15) is 0 Å². The lowest BCUT2D eigenvalue weighted by atomic mass is 10.1. The molecule has 4 rings (SSSR count). The van der Waals surface area contributed by atoms with E-state index in [-0.39, 0.29) is 17.9 Å². The number of hydrogen-bond donors (Lipinski definition) is 5. The minimum absolute atomic E-state index is 0.152. The van der Waals surface area contributed by atoms with E-state index in [4.69, 9.17) is 22.1 Å². The number of aliphatic hydroxyl groups excluding tert-OH is 2. The lowest BCUT2D eigenvalue weighted by Crippen LogP contribution is -2.44. The highest BCUT2D eigenvalue weighted by atomic mass is 35.5. The van der Waals surface area contributed by atoms with E-state index in [0.717, 1.165) is 0 Å². The first kappa shape index (κ1) is 26.0. The van der Waals surface area contributed by atoms with Gasteiger partial charge in [0.1, 0.15) is 30.2 Å². The molecule has 0 bridgehead atoms. The van der Waals surface area contributed by atoms with Crippen molar-refractivity contribution in [2.24, 2.45) is 0 Å². The van der Waals surface area contributed by atoms with Gasteiger partial charge < -0.3 is 31.3 Å². The topological polar surface area (TPSA) is 164 Å². The molecule has 12 nitrogen and oxygen atoms in total. The molecule has 36 heavy (non-hydrogen) atoms. The van der Waals surface area contributed by atoms with Crippen LogP contribution in [0.1, 0.15) is 26.5 Å². The number of nitrogens with one attached hydrogen (secondary N) is 2. The Kier molecular flexibility index (Phi) is 8.21. The average Bonchev–Trinajstić information content (AvgIpc) is 3.38. The molecule has 0 radical (unpaired) electrons. The van der Waals surface area contributed by atoms with Crippen LogP contribution in [0.2, 0.25) is 5.02 Å². The summed E-state index contributed by atoms with van der Waals surface area (Å²) >= 11 is 5.94. The molecule has 1 saturated heterocycles. The van der Waals surface area contributed by atoms with Gasteiger partial charge in [-0.05, 0) is 38.5 Å². The highest BCUT2D eigenvalue weighted by Crippen LogP contribution is 2.32. The number of hydrogen-bond acceptors (Lipinski definition) is 9. The second kappa shape index (κ2) is 11.4. The molecule has 1 aromatic carbocycles. The van der Waals surface area contributed by atoms with Crippen LogP contribution in [-0.4, -0.2) is 84.7 Å². The number of benzene rings is 1. The molecule has 2 aromatic heterocycles. The number of rotatable bonds is 9. The number of nitrogens with two attached hydrogens (primary N) is 1. The van der Waals surface area contributed by atoms with Crippen LogP contribution in [0.4, 0.5) is 16.3 Å². The number of carbonyl (C=O) groups excluding carboxylic acids is 1. The average molecular weight is 519 g/mol. The first-order valence-electron chi connectivity index (χ1n) is 11.7. The fraction of sp³-hybridized carbons (Fsp3) is 0.478. The van der Waals surface area contributed by atoms with E-state index in [1.807, 2.05) is 13.8 Å². The number of amides is 2. The van der Waals surface area contributed by atoms with Gasteiger partial charge in [0.2, 0.25) is 0 Å². The Morgan fingerprint density at radius 1 is 1.28 bits per heavy atom. The molecule has 0 aliphatic carbocycles. The predicted molar refractivity (Wildman–Crippen MR) is 135 cm³/mol. The molecule has 0 spiro atoms. The zero-order chi connectivity index (χ0) is 25.8. The smallest absolute Gasteiger partial charge is 0.319 e. The predicted octanol–water partition coefficient (Wildman–Crippen LogP) is 1.60. The summed E-state index contributed by atoms with van der Waals surface area (Å²) in [5.41, 5.74) is 7.29. The maximum absolute atomic E-state index is 12.1. The highest BCUT2D eigenvalue weighted by Gasteiger charge is 2.45. The minimum Gasteiger partial charge on any atom is -0.387 e. The summed E-state index contributed by atoms with van der Waals surface area (Å²) in [6, 6.07) is 6.77. The first-order chi connectivity index (χ1) is 17.2. The number of nitrogen functional groups attached to an aromatic ring is 1. The van der Waals surface area contributed by atoms with Gasteiger partial charge in [-0.1, -0.05) is 17.7 Å². The fourth-order valence-electron chi connectivity index (χ4n) is 4.18. The number of aromatic nitrogens is 4. The van der Waals surface area contributed by atoms with E-state index >= 15 is 0 Å².